The second-order valence-corrected chi connectivity index (χ2v) is 7.18. The van der Waals surface area contributed by atoms with Gasteiger partial charge in [0.2, 0.25) is 5.91 Å². The van der Waals surface area contributed by atoms with Crippen molar-refractivity contribution in [2.45, 2.75) is 27.7 Å². The zero-order valence-corrected chi connectivity index (χ0v) is 15.9. The Morgan fingerprint density at radius 3 is 2.36 bits per heavy atom. The summed E-state index contributed by atoms with van der Waals surface area (Å²) in [6.07, 6.45) is 0. The number of halogens is 2. The summed E-state index contributed by atoms with van der Waals surface area (Å²) in [7, 11) is 0. The zero-order chi connectivity index (χ0) is 17.0. The Labute approximate surface area is 149 Å². The van der Waals surface area contributed by atoms with Gasteiger partial charge in [0, 0.05) is 16.0 Å². The van der Waals surface area contributed by atoms with E-state index in [-0.39, 0.29) is 28.3 Å². The molecule has 0 spiro atoms. The quantitative estimate of drug-likeness (QED) is 0.673. The first-order valence-corrected chi connectivity index (χ1v) is 8.40. The van der Waals surface area contributed by atoms with Crippen LogP contribution in [-0.4, -0.2) is 23.3 Å². The molecule has 0 unspecified atom stereocenters. The van der Waals surface area contributed by atoms with E-state index < -0.39 is 5.91 Å². The lowest BCUT2D eigenvalue weighted by Gasteiger charge is -2.25. The number of carbonyl (C=O) groups is 2. The molecule has 0 aliphatic heterocycles. The highest BCUT2D eigenvalue weighted by Gasteiger charge is 2.29. The molecule has 0 atom stereocenters. The van der Waals surface area contributed by atoms with Gasteiger partial charge in [0.25, 0.3) is 5.91 Å². The highest BCUT2D eigenvalue weighted by Crippen LogP contribution is 2.27. The first kappa shape index (κ1) is 18.9. The number of hydrogen-bond donors (Lipinski definition) is 0. The second-order valence-electron chi connectivity index (χ2n) is 5.70. The van der Waals surface area contributed by atoms with Gasteiger partial charge >= 0.3 is 0 Å². The van der Waals surface area contributed by atoms with E-state index in [9.17, 15) is 9.59 Å². The number of amides is 2. The molecule has 0 heterocycles. The number of carbonyl (C=O) groups excluding carboxylic acids is 2. The number of imide groups is 1. The number of hydrogen-bond acceptors (Lipinski definition) is 3. The van der Waals surface area contributed by atoms with Crippen molar-refractivity contribution in [3.63, 3.8) is 0 Å². The van der Waals surface area contributed by atoms with Gasteiger partial charge in [-0.1, -0.05) is 39.3 Å². The van der Waals surface area contributed by atoms with Crippen molar-refractivity contribution in [3.05, 3.63) is 31.9 Å². The fourth-order valence-electron chi connectivity index (χ4n) is 1.92. The lowest BCUT2D eigenvalue weighted by atomic mass is 10.1. The average Bonchev–Trinajstić information content (AvgIpc) is 2.43. The van der Waals surface area contributed by atoms with Crippen LogP contribution in [0.1, 0.15) is 43.6 Å². The smallest absolute Gasteiger partial charge is 0.263 e. The molecule has 4 nitrogen and oxygen atoms in total. The monoisotopic (exact) mass is 432 g/mol. The van der Waals surface area contributed by atoms with Crippen molar-refractivity contribution < 1.29 is 9.59 Å². The molecule has 0 N–H and O–H groups in total. The maximum absolute atomic E-state index is 12.8. The van der Waals surface area contributed by atoms with Crippen LogP contribution in [0.25, 0.3) is 0 Å². The van der Waals surface area contributed by atoms with Crippen molar-refractivity contribution in [2.24, 2.45) is 11.8 Å². The minimum atomic E-state index is -0.445. The third kappa shape index (κ3) is 4.20. The number of nitrogens with zero attached hydrogens (tertiary/aromatic N) is 2. The van der Waals surface area contributed by atoms with Crippen molar-refractivity contribution in [1.82, 2.24) is 4.90 Å². The Bertz CT molecular complexity index is 636. The summed E-state index contributed by atoms with van der Waals surface area (Å²) in [5, 5.41) is 9.36. The van der Waals surface area contributed by atoms with Gasteiger partial charge in [0.1, 0.15) is 6.07 Å². The lowest BCUT2D eigenvalue weighted by Crippen LogP contribution is -2.42. The van der Waals surface area contributed by atoms with Crippen molar-refractivity contribution in [3.8, 4) is 6.07 Å². The number of nitriles is 1. The molecule has 0 radical (unpaired) electrons. The van der Waals surface area contributed by atoms with Gasteiger partial charge < -0.3 is 0 Å². The summed E-state index contributed by atoms with van der Waals surface area (Å²) in [6, 6.07) is 5.11. The van der Waals surface area contributed by atoms with Crippen LogP contribution in [0.15, 0.2) is 12.1 Å². The second kappa shape index (κ2) is 7.93. The van der Waals surface area contributed by atoms with Crippen LogP contribution in [0, 0.1) is 26.7 Å². The van der Waals surface area contributed by atoms with Crippen molar-refractivity contribution >= 4 is 46.0 Å². The summed E-state index contributed by atoms with van der Waals surface area (Å²) in [6.45, 7) is 7.69. The molecule has 1 aromatic rings. The van der Waals surface area contributed by atoms with Crippen molar-refractivity contribution in [2.75, 3.05) is 6.54 Å². The van der Waals surface area contributed by atoms with Gasteiger partial charge in [-0.2, -0.15) is 5.26 Å². The first-order valence-electron chi connectivity index (χ1n) is 6.94. The third-order valence-corrected chi connectivity index (χ3v) is 4.41. The van der Waals surface area contributed by atoms with Crippen LogP contribution in [0.2, 0.25) is 5.02 Å². The minimum absolute atomic E-state index is 0.141. The highest BCUT2D eigenvalue weighted by atomic mass is 127. The molecule has 118 valence electrons. The fourth-order valence-corrected chi connectivity index (χ4v) is 3.14. The molecule has 0 aromatic heterocycles. The Morgan fingerprint density at radius 2 is 1.91 bits per heavy atom. The minimum Gasteiger partial charge on any atom is -0.278 e. The molecule has 22 heavy (non-hydrogen) atoms. The summed E-state index contributed by atoms with van der Waals surface area (Å²) >= 11 is 8.07. The van der Waals surface area contributed by atoms with Crippen LogP contribution in [0.5, 0.6) is 0 Å². The van der Waals surface area contributed by atoms with E-state index >= 15 is 0 Å². The predicted molar refractivity (Wildman–Crippen MR) is 94.6 cm³/mol. The SMILES string of the molecule is CC(C)CN(C(=O)c1c(Cl)ccc(C#N)c1I)C(=O)C(C)C. The van der Waals surface area contributed by atoms with E-state index in [0.29, 0.717) is 15.7 Å². The third-order valence-electron chi connectivity index (χ3n) is 2.98. The lowest BCUT2D eigenvalue weighted by molar-refractivity contribution is -0.132. The number of rotatable bonds is 4. The molecule has 0 fully saturated rings. The van der Waals surface area contributed by atoms with E-state index in [1.165, 1.54) is 11.0 Å². The number of benzene rings is 1. The molecule has 1 rings (SSSR count). The van der Waals surface area contributed by atoms with Crippen LogP contribution in [-0.2, 0) is 4.79 Å². The van der Waals surface area contributed by atoms with Crippen LogP contribution < -0.4 is 0 Å². The van der Waals surface area contributed by atoms with Gasteiger partial charge in [-0.05, 0) is 40.6 Å². The van der Waals surface area contributed by atoms with E-state index in [0.717, 1.165) is 0 Å². The molecule has 0 aliphatic rings. The molecule has 0 bridgehead atoms. The normalized spacial score (nSPS) is 10.7. The van der Waals surface area contributed by atoms with Crippen molar-refractivity contribution in [1.29, 1.82) is 5.26 Å². The fraction of sp³-hybridized carbons (Fsp3) is 0.438. The predicted octanol–water partition coefficient (Wildman–Crippen LogP) is 4.10. The highest BCUT2D eigenvalue weighted by molar-refractivity contribution is 14.1. The molecule has 0 saturated heterocycles. The molecule has 0 aliphatic carbocycles. The molecular weight excluding hydrogens is 415 g/mol. The summed E-state index contributed by atoms with van der Waals surface area (Å²) < 4.78 is 0.475. The topological polar surface area (TPSA) is 61.2 Å². The summed E-state index contributed by atoms with van der Waals surface area (Å²) in [5.41, 5.74) is 0.589. The van der Waals surface area contributed by atoms with Gasteiger partial charge in [0.05, 0.1) is 16.1 Å². The standard InChI is InChI=1S/C16H18ClIN2O2/c1-9(2)8-20(15(21)10(3)4)16(22)13-12(17)6-5-11(7-19)14(13)18/h5-6,9-10H,8H2,1-4H3. The molecular formula is C16H18ClIN2O2. The van der Waals surface area contributed by atoms with E-state index in [2.05, 4.69) is 0 Å². The maximum Gasteiger partial charge on any atom is 0.263 e. The Morgan fingerprint density at radius 1 is 1.32 bits per heavy atom. The van der Waals surface area contributed by atoms with Crippen LogP contribution >= 0.6 is 34.2 Å². The molecule has 0 saturated carbocycles. The van der Waals surface area contributed by atoms with Crippen LogP contribution in [0.4, 0.5) is 0 Å². The molecule has 1 aromatic carbocycles. The molecule has 2 amide bonds. The first-order chi connectivity index (χ1) is 10.2. The Kier molecular flexibility index (Phi) is 6.82. The summed E-state index contributed by atoms with van der Waals surface area (Å²) in [5.74, 6) is -0.840. The van der Waals surface area contributed by atoms with Gasteiger partial charge in [-0.3, -0.25) is 14.5 Å². The largest absolute Gasteiger partial charge is 0.278 e. The molecule has 6 heteroatoms. The zero-order valence-electron chi connectivity index (χ0n) is 13.0. The Hall–Kier alpha value is -1.13. The van der Waals surface area contributed by atoms with E-state index in [4.69, 9.17) is 16.9 Å². The average molecular weight is 433 g/mol. The summed E-state index contributed by atoms with van der Waals surface area (Å²) in [4.78, 5) is 26.4. The van der Waals surface area contributed by atoms with E-state index in [1.54, 1.807) is 19.9 Å². The Balaban J connectivity index is 3.37. The van der Waals surface area contributed by atoms with E-state index in [1.807, 2.05) is 42.5 Å². The van der Waals surface area contributed by atoms with Crippen LogP contribution in [0.3, 0.4) is 0 Å². The van der Waals surface area contributed by atoms with Gasteiger partial charge in [0.15, 0.2) is 0 Å². The van der Waals surface area contributed by atoms with Gasteiger partial charge in [-0.15, -0.1) is 0 Å². The maximum atomic E-state index is 12.8. The van der Waals surface area contributed by atoms with Gasteiger partial charge in [-0.25, -0.2) is 0 Å².